The fourth-order valence-corrected chi connectivity index (χ4v) is 2.51. The Labute approximate surface area is 94.2 Å². The number of carbonyl (C=O) groups excluding carboxylic acids is 1. The number of nitrogens with zero attached hydrogens (tertiary/aromatic N) is 1. The van der Waals surface area contributed by atoms with Gasteiger partial charge in [-0.05, 0) is 19.9 Å². The minimum atomic E-state index is -2.60. The van der Waals surface area contributed by atoms with E-state index in [-0.39, 0.29) is 18.7 Å². The summed E-state index contributed by atoms with van der Waals surface area (Å²) in [7, 11) is 1.87. The number of likely N-dealkylation sites (tertiary alicyclic amines) is 1. The number of amides is 1. The first-order valence-corrected chi connectivity index (χ1v) is 5.86. The first-order chi connectivity index (χ1) is 7.52. The monoisotopic (exact) mass is 232 g/mol. The lowest BCUT2D eigenvalue weighted by atomic mass is 9.80. The lowest BCUT2D eigenvalue weighted by Crippen LogP contribution is -2.52. The number of likely N-dealkylation sites (N-methyl/N-ethyl adjacent to an activating group) is 1. The van der Waals surface area contributed by atoms with Crippen LogP contribution in [0, 0.1) is 5.92 Å². The molecular formula is C11H18F2N2O. The molecule has 0 aromatic heterocycles. The van der Waals surface area contributed by atoms with Crippen LogP contribution in [0.5, 0.6) is 0 Å². The Morgan fingerprint density at radius 2 is 2.12 bits per heavy atom. The van der Waals surface area contributed by atoms with Crippen LogP contribution in [-0.4, -0.2) is 42.9 Å². The van der Waals surface area contributed by atoms with Crippen molar-refractivity contribution < 1.29 is 13.6 Å². The Balaban J connectivity index is 1.85. The summed E-state index contributed by atoms with van der Waals surface area (Å²) in [4.78, 5) is 13.6. The highest BCUT2D eigenvalue weighted by molar-refractivity contribution is 5.80. The highest BCUT2D eigenvalue weighted by Gasteiger charge is 2.49. The second kappa shape index (κ2) is 4.28. The number of hydrogen-bond donors (Lipinski definition) is 1. The number of rotatable bonds is 2. The van der Waals surface area contributed by atoms with Crippen LogP contribution < -0.4 is 5.32 Å². The lowest BCUT2D eigenvalue weighted by Gasteiger charge is -2.40. The van der Waals surface area contributed by atoms with Gasteiger partial charge in [-0.2, -0.15) is 0 Å². The van der Waals surface area contributed by atoms with Crippen LogP contribution in [0.1, 0.15) is 25.7 Å². The summed E-state index contributed by atoms with van der Waals surface area (Å²) in [5.74, 6) is -3.12. The molecule has 1 saturated carbocycles. The quantitative estimate of drug-likeness (QED) is 0.777. The van der Waals surface area contributed by atoms with Gasteiger partial charge in [-0.3, -0.25) is 4.79 Å². The van der Waals surface area contributed by atoms with Crippen molar-refractivity contribution in [2.45, 2.75) is 37.6 Å². The van der Waals surface area contributed by atoms with E-state index in [0.717, 1.165) is 19.4 Å². The molecule has 1 aliphatic carbocycles. The Morgan fingerprint density at radius 1 is 1.44 bits per heavy atom. The van der Waals surface area contributed by atoms with E-state index in [9.17, 15) is 13.6 Å². The third-order valence-electron chi connectivity index (χ3n) is 3.58. The molecule has 1 unspecified atom stereocenters. The largest absolute Gasteiger partial charge is 0.341 e. The Kier molecular flexibility index (Phi) is 3.15. The predicted octanol–water partition coefficient (Wildman–Crippen LogP) is 1.24. The van der Waals surface area contributed by atoms with Gasteiger partial charge in [-0.1, -0.05) is 0 Å². The smallest absolute Gasteiger partial charge is 0.249 e. The number of hydrogen-bond acceptors (Lipinski definition) is 2. The molecule has 92 valence electrons. The standard InChI is InChI=1S/C11H18F2N2O/c1-14-9-3-2-4-15(7-9)10(16)8-5-11(12,13)6-8/h8-9,14H,2-7H2,1H3. The van der Waals surface area contributed by atoms with Crippen LogP contribution in [-0.2, 0) is 4.79 Å². The van der Waals surface area contributed by atoms with Gasteiger partial charge in [0.15, 0.2) is 0 Å². The molecule has 1 atom stereocenters. The number of carbonyl (C=O) groups is 1. The number of halogens is 2. The van der Waals surface area contributed by atoms with Crippen molar-refractivity contribution in [1.29, 1.82) is 0 Å². The van der Waals surface area contributed by atoms with Gasteiger partial charge in [-0.15, -0.1) is 0 Å². The fourth-order valence-electron chi connectivity index (χ4n) is 2.51. The normalized spacial score (nSPS) is 29.9. The van der Waals surface area contributed by atoms with E-state index in [2.05, 4.69) is 5.32 Å². The van der Waals surface area contributed by atoms with E-state index < -0.39 is 11.8 Å². The number of piperidine rings is 1. The highest BCUT2D eigenvalue weighted by atomic mass is 19.3. The van der Waals surface area contributed by atoms with Gasteiger partial charge in [-0.25, -0.2) is 8.78 Å². The van der Waals surface area contributed by atoms with Crippen molar-refractivity contribution in [3.8, 4) is 0 Å². The molecule has 0 bridgehead atoms. The molecule has 1 aliphatic heterocycles. The molecule has 2 fully saturated rings. The molecule has 5 heteroatoms. The summed E-state index contributed by atoms with van der Waals surface area (Å²) >= 11 is 0. The zero-order chi connectivity index (χ0) is 11.8. The van der Waals surface area contributed by atoms with Crippen molar-refractivity contribution >= 4 is 5.91 Å². The minimum absolute atomic E-state index is 0.0779. The van der Waals surface area contributed by atoms with Crippen LogP contribution in [0.15, 0.2) is 0 Å². The van der Waals surface area contributed by atoms with E-state index in [0.29, 0.717) is 12.6 Å². The van der Waals surface area contributed by atoms with Gasteiger partial charge in [0.05, 0.1) is 0 Å². The summed E-state index contributed by atoms with van der Waals surface area (Å²) < 4.78 is 25.4. The zero-order valence-electron chi connectivity index (χ0n) is 9.51. The average Bonchev–Trinajstić information content (AvgIpc) is 2.25. The van der Waals surface area contributed by atoms with E-state index in [1.165, 1.54) is 0 Å². The highest BCUT2D eigenvalue weighted by Crippen LogP contribution is 2.43. The summed E-state index contributed by atoms with van der Waals surface area (Å²) in [5.41, 5.74) is 0. The van der Waals surface area contributed by atoms with Crippen LogP contribution in [0.3, 0.4) is 0 Å². The molecule has 2 aliphatic rings. The van der Waals surface area contributed by atoms with E-state index in [1.807, 2.05) is 7.05 Å². The first kappa shape index (κ1) is 11.8. The third-order valence-corrected chi connectivity index (χ3v) is 3.58. The van der Waals surface area contributed by atoms with Gasteiger partial charge >= 0.3 is 0 Å². The van der Waals surface area contributed by atoms with Crippen molar-refractivity contribution in [1.82, 2.24) is 10.2 Å². The maximum absolute atomic E-state index is 12.7. The molecule has 0 radical (unpaired) electrons. The summed E-state index contributed by atoms with van der Waals surface area (Å²) in [6.45, 7) is 1.39. The lowest BCUT2D eigenvalue weighted by molar-refractivity contribution is -0.160. The number of nitrogens with one attached hydrogen (secondary N) is 1. The van der Waals surface area contributed by atoms with Gasteiger partial charge in [0, 0.05) is 37.9 Å². The van der Waals surface area contributed by atoms with Crippen molar-refractivity contribution in [3.05, 3.63) is 0 Å². The maximum atomic E-state index is 12.7. The van der Waals surface area contributed by atoms with E-state index in [1.54, 1.807) is 4.90 Å². The van der Waals surface area contributed by atoms with Crippen LogP contribution >= 0.6 is 0 Å². The molecule has 0 aromatic carbocycles. The second-order valence-electron chi connectivity index (χ2n) is 4.87. The first-order valence-electron chi connectivity index (χ1n) is 5.86. The summed E-state index contributed by atoms with van der Waals surface area (Å²) in [6.07, 6.45) is 1.50. The molecular weight excluding hydrogens is 214 g/mol. The zero-order valence-corrected chi connectivity index (χ0v) is 9.51. The Hall–Kier alpha value is -0.710. The molecule has 2 rings (SSSR count). The topological polar surface area (TPSA) is 32.3 Å². The predicted molar refractivity (Wildman–Crippen MR) is 56.3 cm³/mol. The molecule has 1 N–H and O–H groups in total. The van der Waals surface area contributed by atoms with Gasteiger partial charge in [0.25, 0.3) is 0 Å². The molecule has 1 saturated heterocycles. The molecule has 1 heterocycles. The second-order valence-corrected chi connectivity index (χ2v) is 4.87. The number of alkyl halides is 2. The Morgan fingerprint density at radius 3 is 2.69 bits per heavy atom. The van der Waals surface area contributed by atoms with Crippen LogP contribution in [0.2, 0.25) is 0 Å². The summed E-state index contributed by atoms with van der Waals surface area (Å²) in [5, 5.41) is 3.14. The third kappa shape index (κ3) is 2.34. The molecule has 0 spiro atoms. The maximum Gasteiger partial charge on any atom is 0.249 e. The SMILES string of the molecule is CNC1CCCN(C(=O)C2CC(F)(F)C2)C1. The van der Waals surface area contributed by atoms with Gasteiger partial charge in [0.1, 0.15) is 0 Å². The van der Waals surface area contributed by atoms with Crippen molar-refractivity contribution in [3.63, 3.8) is 0 Å². The molecule has 16 heavy (non-hydrogen) atoms. The fraction of sp³-hybridized carbons (Fsp3) is 0.909. The molecule has 1 amide bonds. The molecule has 0 aromatic rings. The van der Waals surface area contributed by atoms with Crippen molar-refractivity contribution in [2.75, 3.05) is 20.1 Å². The summed E-state index contributed by atoms with van der Waals surface area (Å²) in [6, 6.07) is 0.318. The average molecular weight is 232 g/mol. The van der Waals surface area contributed by atoms with Gasteiger partial charge < -0.3 is 10.2 Å². The van der Waals surface area contributed by atoms with Crippen molar-refractivity contribution in [2.24, 2.45) is 5.92 Å². The molecule has 3 nitrogen and oxygen atoms in total. The van der Waals surface area contributed by atoms with E-state index >= 15 is 0 Å². The van der Waals surface area contributed by atoms with E-state index in [4.69, 9.17) is 0 Å². The Bertz CT molecular complexity index is 275. The van der Waals surface area contributed by atoms with Gasteiger partial charge in [0.2, 0.25) is 11.8 Å². The minimum Gasteiger partial charge on any atom is -0.341 e. The van der Waals surface area contributed by atoms with Crippen LogP contribution in [0.4, 0.5) is 8.78 Å². The van der Waals surface area contributed by atoms with Crippen LogP contribution in [0.25, 0.3) is 0 Å².